The Bertz CT molecular complexity index is 453. The van der Waals surface area contributed by atoms with Gasteiger partial charge in [0.05, 0.1) is 11.7 Å². The monoisotopic (exact) mass is 329 g/mol. The lowest BCUT2D eigenvalue weighted by molar-refractivity contribution is 0.0136. The van der Waals surface area contributed by atoms with Crippen molar-refractivity contribution >= 4 is 34.5 Å². The van der Waals surface area contributed by atoms with E-state index in [-0.39, 0.29) is 18.1 Å². The van der Waals surface area contributed by atoms with Crippen LogP contribution < -0.4 is 5.32 Å². The summed E-state index contributed by atoms with van der Waals surface area (Å²) in [7, 11) is 0. The third-order valence-electron chi connectivity index (χ3n) is 3.02. The third kappa shape index (κ3) is 3.49. The van der Waals surface area contributed by atoms with Crippen LogP contribution in [0.25, 0.3) is 0 Å². The van der Waals surface area contributed by atoms with Crippen molar-refractivity contribution in [3.63, 3.8) is 0 Å². The number of benzene rings is 1. The number of thiol groups is 1. The van der Waals surface area contributed by atoms with Gasteiger partial charge < -0.3 is 10.1 Å². The van der Waals surface area contributed by atoms with Crippen LogP contribution >= 0.6 is 28.6 Å². The van der Waals surface area contributed by atoms with Crippen LogP contribution in [-0.4, -0.2) is 24.7 Å². The smallest absolute Gasteiger partial charge is 0.252 e. The molecule has 1 aromatic carbocycles. The van der Waals surface area contributed by atoms with Gasteiger partial charge in [-0.15, -0.1) is 12.6 Å². The summed E-state index contributed by atoms with van der Waals surface area (Å²) in [5.41, 5.74) is 0.612. The fourth-order valence-corrected chi connectivity index (χ4v) is 2.94. The van der Waals surface area contributed by atoms with Crippen LogP contribution in [0.1, 0.15) is 30.1 Å². The Balaban J connectivity index is 2.03. The minimum absolute atomic E-state index is 0.0633. The molecule has 2 unspecified atom stereocenters. The van der Waals surface area contributed by atoms with Crippen LogP contribution in [0, 0.1) is 0 Å². The maximum Gasteiger partial charge on any atom is 0.252 e. The molecule has 1 N–H and O–H groups in total. The summed E-state index contributed by atoms with van der Waals surface area (Å²) in [6, 6.07) is 5.65. The molecule has 1 amide bonds. The predicted octanol–water partition coefficient (Wildman–Crippen LogP) is 3.04. The van der Waals surface area contributed by atoms with Crippen molar-refractivity contribution in [2.45, 2.75) is 36.8 Å². The molecule has 1 fully saturated rings. The van der Waals surface area contributed by atoms with E-state index in [2.05, 4.69) is 33.9 Å². The summed E-state index contributed by atoms with van der Waals surface area (Å²) in [6.07, 6.45) is 1.95. The first-order valence-electron chi connectivity index (χ1n) is 5.97. The first kappa shape index (κ1) is 13.9. The lowest BCUT2D eigenvalue weighted by Crippen LogP contribution is -2.41. The topological polar surface area (TPSA) is 38.3 Å². The van der Waals surface area contributed by atoms with Crippen LogP contribution in [0.5, 0.6) is 0 Å². The van der Waals surface area contributed by atoms with E-state index in [0.29, 0.717) is 17.1 Å². The van der Waals surface area contributed by atoms with Gasteiger partial charge in [-0.05, 0) is 38.0 Å². The standard InChI is InChI=1S/C13H16BrNO2S/c1-8-6-10(4-5-17-8)15-13(16)11-3-2-9(14)7-12(11)18/h2-3,7-8,10,18H,4-6H2,1H3,(H,15,16). The minimum atomic E-state index is -0.0633. The van der Waals surface area contributed by atoms with Crippen molar-refractivity contribution in [1.82, 2.24) is 5.32 Å². The Morgan fingerprint density at radius 2 is 2.33 bits per heavy atom. The highest BCUT2D eigenvalue weighted by atomic mass is 79.9. The first-order valence-corrected chi connectivity index (χ1v) is 7.21. The van der Waals surface area contributed by atoms with Gasteiger partial charge >= 0.3 is 0 Å². The van der Waals surface area contributed by atoms with Crippen LogP contribution in [0.3, 0.4) is 0 Å². The zero-order valence-electron chi connectivity index (χ0n) is 10.1. The van der Waals surface area contributed by atoms with Gasteiger partial charge in [0.15, 0.2) is 0 Å². The molecule has 18 heavy (non-hydrogen) atoms. The van der Waals surface area contributed by atoms with Gasteiger partial charge in [0.2, 0.25) is 0 Å². The molecule has 98 valence electrons. The molecule has 2 atom stereocenters. The number of hydrogen-bond acceptors (Lipinski definition) is 3. The van der Waals surface area contributed by atoms with Crippen LogP contribution in [0.4, 0.5) is 0 Å². The maximum atomic E-state index is 12.1. The quantitative estimate of drug-likeness (QED) is 0.818. The molecule has 0 radical (unpaired) electrons. The van der Waals surface area contributed by atoms with Gasteiger partial charge in [0, 0.05) is 22.0 Å². The molecule has 5 heteroatoms. The lowest BCUT2D eigenvalue weighted by atomic mass is 10.0. The number of amides is 1. The number of carbonyl (C=O) groups excluding carboxylic acids is 1. The molecular formula is C13H16BrNO2S. The Labute approximate surface area is 121 Å². The highest BCUT2D eigenvalue weighted by Gasteiger charge is 2.22. The van der Waals surface area contributed by atoms with Gasteiger partial charge in [-0.25, -0.2) is 0 Å². The van der Waals surface area contributed by atoms with Crippen LogP contribution in [-0.2, 0) is 4.74 Å². The molecule has 1 heterocycles. The van der Waals surface area contributed by atoms with E-state index in [9.17, 15) is 4.79 Å². The molecule has 2 rings (SSSR count). The highest BCUT2D eigenvalue weighted by molar-refractivity contribution is 9.10. The van der Waals surface area contributed by atoms with Crippen molar-refractivity contribution < 1.29 is 9.53 Å². The number of halogens is 1. The summed E-state index contributed by atoms with van der Waals surface area (Å²) in [4.78, 5) is 12.8. The van der Waals surface area contributed by atoms with Crippen LogP contribution in [0.15, 0.2) is 27.6 Å². The van der Waals surface area contributed by atoms with Gasteiger partial charge in [-0.3, -0.25) is 4.79 Å². The Morgan fingerprint density at radius 3 is 3.00 bits per heavy atom. The average molecular weight is 330 g/mol. The Morgan fingerprint density at radius 1 is 1.56 bits per heavy atom. The number of ether oxygens (including phenoxy) is 1. The largest absolute Gasteiger partial charge is 0.378 e. The van der Waals surface area contributed by atoms with E-state index < -0.39 is 0 Å². The fourth-order valence-electron chi connectivity index (χ4n) is 2.09. The number of nitrogens with one attached hydrogen (secondary N) is 1. The Kier molecular flexibility index (Phi) is 4.70. The first-order chi connectivity index (χ1) is 8.56. The Hall–Kier alpha value is -0.520. The van der Waals surface area contributed by atoms with E-state index in [0.717, 1.165) is 17.3 Å². The summed E-state index contributed by atoms with van der Waals surface area (Å²) in [5, 5.41) is 3.04. The minimum Gasteiger partial charge on any atom is -0.378 e. The average Bonchev–Trinajstić information content (AvgIpc) is 2.28. The van der Waals surface area contributed by atoms with Gasteiger partial charge in [-0.2, -0.15) is 0 Å². The second-order valence-corrected chi connectivity index (χ2v) is 5.94. The van der Waals surface area contributed by atoms with Gasteiger partial charge in [-0.1, -0.05) is 15.9 Å². The SMILES string of the molecule is CC1CC(NC(=O)c2ccc(Br)cc2S)CCO1. The van der Waals surface area contributed by atoms with Crippen molar-refractivity contribution in [2.75, 3.05) is 6.61 Å². The maximum absolute atomic E-state index is 12.1. The normalized spacial score (nSPS) is 23.7. The van der Waals surface area contributed by atoms with Crippen molar-refractivity contribution in [3.8, 4) is 0 Å². The third-order valence-corrected chi connectivity index (χ3v) is 3.89. The molecule has 3 nitrogen and oxygen atoms in total. The molecule has 1 aliphatic rings. The fraction of sp³-hybridized carbons (Fsp3) is 0.462. The number of carbonyl (C=O) groups is 1. The van der Waals surface area contributed by atoms with E-state index in [1.165, 1.54) is 0 Å². The molecule has 0 aromatic heterocycles. The predicted molar refractivity (Wildman–Crippen MR) is 77.3 cm³/mol. The lowest BCUT2D eigenvalue weighted by Gasteiger charge is -2.28. The molecule has 0 bridgehead atoms. The highest BCUT2D eigenvalue weighted by Crippen LogP contribution is 2.21. The molecular weight excluding hydrogens is 314 g/mol. The second kappa shape index (κ2) is 6.08. The van der Waals surface area contributed by atoms with E-state index in [1.807, 2.05) is 19.1 Å². The number of hydrogen-bond donors (Lipinski definition) is 2. The summed E-state index contributed by atoms with van der Waals surface area (Å²) in [6.45, 7) is 2.74. The van der Waals surface area contributed by atoms with E-state index in [4.69, 9.17) is 4.74 Å². The second-order valence-electron chi connectivity index (χ2n) is 4.54. The van der Waals surface area contributed by atoms with Crippen molar-refractivity contribution in [3.05, 3.63) is 28.2 Å². The summed E-state index contributed by atoms with van der Waals surface area (Å²) < 4.78 is 6.38. The molecule has 0 spiro atoms. The van der Waals surface area contributed by atoms with E-state index >= 15 is 0 Å². The molecule has 0 saturated carbocycles. The molecule has 1 aromatic rings. The molecule has 0 aliphatic carbocycles. The van der Waals surface area contributed by atoms with Crippen LogP contribution in [0.2, 0.25) is 0 Å². The zero-order valence-corrected chi connectivity index (χ0v) is 12.6. The molecule has 1 aliphatic heterocycles. The van der Waals surface area contributed by atoms with Crippen molar-refractivity contribution in [2.24, 2.45) is 0 Å². The number of rotatable bonds is 2. The van der Waals surface area contributed by atoms with Crippen molar-refractivity contribution in [1.29, 1.82) is 0 Å². The zero-order chi connectivity index (χ0) is 13.1. The van der Waals surface area contributed by atoms with E-state index in [1.54, 1.807) is 6.07 Å². The van der Waals surface area contributed by atoms with Gasteiger partial charge in [0.1, 0.15) is 0 Å². The summed E-state index contributed by atoms with van der Waals surface area (Å²) in [5.74, 6) is -0.0633. The summed E-state index contributed by atoms with van der Waals surface area (Å²) >= 11 is 7.68. The van der Waals surface area contributed by atoms with Gasteiger partial charge in [0.25, 0.3) is 5.91 Å². The molecule has 1 saturated heterocycles.